The summed E-state index contributed by atoms with van der Waals surface area (Å²) in [6, 6.07) is 18.8. The monoisotopic (exact) mass is 518 g/mol. The summed E-state index contributed by atoms with van der Waals surface area (Å²) in [4.78, 5) is 20.7. The van der Waals surface area contributed by atoms with E-state index >= 15 is 0 Å². The second-order valence-corrected chi connectivity index (χ2v) is 11.1. The van der Waals surface area contributed by atoms with Gasteiger partial charge in [0.2, 0.25) is 0 Å². The van der Waals surface area contributed by atoms with Gasteiger partial charge in [0.15, 0.2) is 0 Å². The lowest BCUT2D eigenvalue weighted by molar-refractivity contribution is -0.158. The van der Waals surface area contributed by atoms with E-state index in [4.69, 9.17) is 4.74 Å². The molecule has 4 heterocycles. The number of ether oxygens (including phenoxy) is 1. The van der Waals surface area contributed by atoms with Gasteiger partial charge in [-0.25, -0.2) is 0 Å². The predicted octanol–water partition coefficient (Wildman–Crippen LogP) is 7.14. The van der Waals surface area contributed by atoms with Crippen molar-refractivity contribution in [2.75, 3.05) is 13.1 Å². The van der Waals surface area contributed by atoms with Crippen LogP contribution in [0.2, 0.25) is 0 Å². The summed E-state index contributed by atoms with van der Waals surface area (Å²) in [6.07, 6.45) is 6.87. The summed E-state index contributed by atoms with van der Waals surface area (Å²) in [5.41, 5.74) is 4.30. The molecule has 3 aliphatic rings. The van der Waals surface area contributed by atoms with E-state index in [-0.39, 0.29) is 36.4 Å². The lowest BCUT2D eigenvalue weighted by atomic mass is 9.73. The molecule has 0 saturated carbocycles. The minimum absolute atomic E-state index is 0. The number of para-hydroxylation sites is 1. The van der Waals surface area contributed by atoms with Gasteiger partial charge in [-0.05, 0) is 73.7 Å². The highest BCUT2D eigenvalue weighted by Gasteiger charge is 2.44. The molecule has 0 amide bonds. The lowest BCUT2D eigenvalue weighted by Crippen LogP contribution is -2.55. The fraction of sp³-hybridized carbons (Fsp3) is 0.438. The Morgan fingerprint density at radius 1 is 1.14 bits per heavy atom. The zero-order valence-corrected chi connectivity index (χ0v) is 23.0. The van der Waals surface area contributed by atoms with E-state index in [1.54, 1.807) is 0 Å². The van der Waals surface area contributed by atoms with Crippen LogP contribution in [0.4, 0.5) is 0 Å². The normalized spacial score (nSPS) is 24.3. The SMILES string of the molecule is C=CC1CN2CCC1CC2C(OC(=O)C(C)c1ccc(CC(C)C)cc1)c1ccnc2ccccc12.Cl. The van der Waals surface area contributed by atoms with Crippen LogP contribution >= 0.6 is 12.4 Å². The number of benzene rings is 2. The van der Waals surface area contributed by atoms with Gasteiger partial charge in [-0.15, -0.1) is 19.0 Å². The van der Waals surface area contributed by atoms with Crippen molar-refractivity contribution in [2.45, 2.75) is 58.1 Å². The summed E-state index contributed by atoms with van der Waals surface area (Å²) in [6.45, 7) is 12.5. The third-order valence-electron chi connectivity index (χ3n) is 8.21. The molecular formula is C32H39ClN2O2. The zero-order chi connectivity index (χ0) is 25.2. The number of rotatable bonds is 8. The summed E-state index contributed by atoms with van der Waals surface area (Å²) in [7, 11) is 0. The molecule has 0 spiro atoms. The van der Waals surface area contributed by atoms with E-state index in [0.717, 1.165) is 48.0 Å². The van der Waals surface area contributed by atoms with Crippen LogP contribution in [0.3, 0.4) is 0 Å². The number of carbonyl (C=O) groups is 1. The van der Waals surface area contributed by atoms with Crippen molar-refractivity contribution >= 4 is 29.3 Å². The third kappa shape index (κ3) is 5.76. The Hall–Kier alpha value is -2.69. The fourth-order valence-corrected chi connectivity index (χ4v) is 6.18. The molecular weight excluding hydrogens is 480 g/mol. The van der Waals surface area contributed by atoms with Crippen molar-refractivity contribution in [3.8, 4) is 0 Å². The van der Waals surface area contributed by atoms with Crippen molar-refractivity contribution in [1.29, 1.82) is 0 Å². The van der Waals surface area contributed by atoms with Gasteiger partial charge in [-0.3, -0.25) is 14.7 Å². The minimum Gasteiger partial charge on any atom is -0.455 e. The molecule has 0 radical (unpaired) electrons. The number of esters is 1. The first-order chi connectivity index (χ1) is 17.4. The van der Waals surface area contributed by atoms with Crippen LogP contribution in [-0.4, -0.2) is 35.0 Å². The second kappa shape index (κ2) is 11.8. The molecule has 3 fully saturated rings. The molecule has 4 nitrogen and oxygen atoms in total. The van der Waals surface area contributed by atoms with Crippen molar-refractivity contribution < 1.29 is 9.53 Å². The van der Waals surface area contributed by atoms with E-state index in [9.17, 15) is 4.79 Å². The van der Waals surface area contributed by atoms with Crippen LogP contribution in [0.5, 0.6) is 0 Å². The molecule has 196 valence electrons. The van der Waals surface area contributed by atoms with Gasteiger partial charge in [0.05, 0.1) is 17.5 Å². The largest absolute Gasteiger partial charge is 0.455 e. The highest BCUT2D eigenvalue weighted by Crippen LogP contribution is 2.43. The maximum atomic E-state index is 13.6. The van der Waals surface area contributed by atoms with Crippen LogP contribution in [0.1, 0.15) is 62.3 Å². The zero-order valence-electron chi connectivity index (χ0n) is 22.2. The number of carbonyl (C=O) groups excluding carboxylic acids is 1. The Morgan fingerprint density at radius 2 is 1.89 bits per heavy atom. The number of aromatic nitrogens is 1. The smallest absolute Gasteiger partial charge is 0.313 e. The standard InChI is InChI=1S/C32H38N2O2.ClH/c1-5-24-20-34-17-15-26(24)19-30(34)31(28-14-16-33-29-9-7-6-8-27(28)29)36-32(35)22(4)25-12-10-23(11-13-25)18-21(2)3;/h5-14,16,21-22,24,26,30-31H,1,15,17-20H2,2-4H3;1H. The molecule has 3 aromatic rings. The lowest BCUT2D eigenvalue weighted by Gasteiger charge is -2.51. The summed E-state index contributed by atoms with van der Waals surface area (Å²) in [5, 5.41) is 1.06. The Labute approximate surface area is 227 Å². The second-order valence-electron chi connectivity index (χ2n) is 11.1. The molecule has 5 heteroatoms. The first-order valence-corrected chi connectivity index (χ1v) is 13.4. The maximum absolute atomic E-state index is 13.6. The topological polar surface area (TPSA) is 42.4 Å². The van der Waals surface area contributed by atoms with Gasteiger partial charge < -0.3 is 4.74 Å². The number of hydrogen-bond donors (Lipinski definition) is 0. The molecule has 3 saturated heterocycles. The van der Waals surface area contributed by atoms with Gasteiger partial charge in [-0.1, -0.05) is 62.4 Å². The molecule has 0 N–H and O–H groups in total. The Morgan fingerprint density at radius 3 is 2.57 bits per heavy atom. The molecule has 6 unspecified atom stereocenters. The first kappa shape index (κ1) is 27.3. The number of pyridine rings is 1. The highest BCUT2D eigenvalue weighted by atomic mass is 35.5. The van der Waals surface area contributed by atoms with Gasteiger partial charge in [0, 0.05) is 23.7 Å². The van der Waals surface area contributed by atoms with Gasteiger partial charge in [0.25, 0.3) is 0 Å². The number of hydrogen-bond acceptors (Lipinski definition) is 4. The van der Waals surface area contributed by atoms with E-state index in [1.807, 2.05) is 37.4 Å². The van der Waals surface area contributed by atoms with Crippen molar-refractivity contribution in [3.63, 3.8) is 0 Å². The number of nitrogens with zero attached hydrogens (tertiary/aromatic N) is 2. The molecule has 2 aromatic carbocycles. The van der Waals surface area contributed by atoms with Crippen LogP contribution in [0, 0.1) is 17.8 Å². The average molecular weight is 519 g/mol. The van der Waals surface area contributed by atoms with E-state index in [0.29, 0.717) is 17.8 Å². The number of halogens is 1. The summed E-state index contributed by atoms with van der Waals surface area (Å²) >= 11 is 0. The van der Waals surface area contributed by atoms with Crippen LogP contribution in [-0.2, 0) is 16.0 Å². The fourth-order valence-electron chi connectivity index (χ4n) is 6.18. The number of piperidine rings is 3. The van der Waals surface area contributed by atoms with E-state index in [2.05, 4.69) is 66.7 Å². The highest BCUT2D eigenvalue weighted by molar-refractivity contribution is 5.85. The molecule has 3 aliphatic heterocycles. The third-order valence-corrected chi connectivity index (χ3v) is 8.21. The minimum atomic E-state index is -0.332. The molecule has 6 atom stereocenters. The predicted molar refractivity (Wildman–Crippen MR) is 153 cm³/mol. The van der Waals surface area contributed by atoms with Crippen molar-refractivity contribution in [2.24, 2.45) is 17.8 Å². The Kier molecular flexibility index (Phi) is 8.71. The van der Waals surface area contributed by atoms with Gasteiger partial charge >= 0.3 is 5.97 Å². The summed E-state index contributed by atoms with van der Waals surface area (Å²) < 4.78 is 6.48. The van der Waals surface area contributed by atoms with Crippen LogP contribution in [0.15, 0.2) is 73.4 Å². The molecule has 0 aliphatic carbocycles. The van der Waals surface area contributed by atoms with Crippen molar-refractivity contribution in [1.82, 2.24) is 9.88 Å². The first-order valence-electron chi connectivity index (χ1n) is 13.4. The van der Waals surface area contributed by atoms with Crippen molar-refractivity contribution in [3.05, 3.63) is 90.1 Å². The quantitative estimate of drug-likeness (QED) is 0.235. The van der Waals surface area contributed by atoms with E-state index < -0.39 is 0 Å². The van der Waals surface area contributed by atoms with Gasteiger partial charge in [-0.2, -0.15) is 0 Å². The van der Waals surface area contributed by atoms with Crippen LogP contribution < -0.4 is 0 Å². The Balaban J connectivity index is 0.00000320. The molecule has 1 aromatic heterocycles. The molecule has 6 rings (SSSR count). The molecule has 37 heavy (non-hydrogen) atoms. The Bertz CT molecular complexity index is 1220. The number of fused-ring (bicyclic) bond motifs is 4. The maximum Gasteiger partial charge on any atom is 0.313 e. The van der Waals surface area contributed by atoms with E-state index in [1.165, 1.54) is 12.0 Å². The summed E-state index contributed by atoms with van der Waals surface area (Å²) in [5.74, 6) is 1.23. The van der Waals surface area contributed by atoms with Gasteiger partial charge in [0.1, 0.15) is 6.10 Å². The average Bonchev–Trinajstić information content (AvgIpc) is 2.91. The van der Waals surface area contributed by atoms with Crippen LogP contribution in [0.25, 0.3) is 10.9 Å². The molecule has 2 bridgehead atoms.